The van der Waals surface area contributed by atoms with E-state index in [1.54, 1.807) is 12.4 Å². The fourth-order valence-corrected chi connectivity index (χ4v) is 4.19. The van der Waals surface area contributed by atoms with Crippen LogP contribution >= 0.6 is 0 Å². The molecule has 0 radical (unpaired) electrons. The lowest BCUT2D eigenvalue weighted by Gasteiger charge is -2.28. The van der Waals surface area contributed by atoms with Crippen LogP contribution in [0.25, 0.3) is 11.3 Å². The van der Waals surface area contributed by atoms with Crippen molar-refractivity contribution in [3.63, 3.8) is 0 Å². The summed E-state index contributed by atoms with van der Waals surface area (Å²) >= 11 is 0. The number of hydrogen-bond acceptors (Lipinski definition) is 6. The van der Waals surface area contributed by atoms with Gasteiger partial charge in [-0.1, -0.05) is 6.07 Å². The Morgan fingerprint density at radius 2 is 2.06 bits per heavy atom. The molecular weight excluding hydrogens is 406 g/mol. The van der Waals surface area contributed by atoms with Gasteiger partial charge in [0.2, 0.25) is 11.8 Å². The first-order chi connectivity index (χ1) is 15.7. The van der Waals surface area contributed by atoms with E-state index in [-0.39, 0.29) is 17.9 Å². The van der Waals surface area contributed by atoms with Crippen LogP contribution in [0.4, 0.5) is 0 Å². The first-order valence-corrected chi connectivity index (χ1v) is 11.2. The van der Waals surface area contributed by atoms with E-state index in [4.69, 9.17) is 9.47 Å². The van der Waals surface area contributed by atoms with Crippen molar-refractivity contribution in [1.82, 2.24) is 25.8 Å². The van der Waals surface area contributed by atoms with Crippen LogP contribution in [0.1, 0.15) is 24.8 Å². The first kappa shape index (κ1) is 20.5. The van der Waals surface area contributed by atoms with E-state index in [0.717, 1.165) is 61.3 Å². The highest BCUT2D eigenvalue weighted by Gasteiger charge is 2.24. The highest BCUT2D eigenvalue weighted by Crippen LogP contribution is 2.33. The van der Waals surface area contributed by atoms with Crippen molar-refractivity contribution in [2.75, 3.05) is 19.6 Å². The Labute approximate surface area is 186 Å². The van der Waals surface area contributed by atoms with Gasteiger partial charge in [-0.05, 0) is 62.5 Å². The van der Waals surface area contributed by atoms with Gasteiger partial charge in [0, 0.05) is 36.0 Å². The second-order valence-corrected chi connectivity index (χ2v) is 8.27. The summed E-state index contributed by atoms with van der Waals surface area (Å²) in [5.74, 6) is 2.24. The maximum absolute atomic E-state index is 12.4. The van der Waals surface area contributed by atoms with Gasteiger partial charge in [-0.15, -0.1) is 0 Å². The van der Waals surface area contributed by atoms with Gasteiger partial charge in [-0.2, -0.15) is 5.10 Å². The average Bonchev–Trinajstić information content (AvgIpc) is 3.38. The maximum atomic E-state index is 12.4. The zero-order chi connectivity index (χ0) is 21.8. The number of aromatic amines is 1. The number of fused-ring (bicyclic) bond motifs is 1. The number of piperidine rings is 1. The Morgan fingerprint density at radius 3 is 2.84 bits per heavy atom. The number of benzene rings is 1. The molecule has 32 heavy (non-hydrogen) atoms. The molecule has 0 aliphatic carbocycles. The molecular formula is C24H27N5O3. The van der Waals surface area contributed by atoms with Crippen molar-refractivity contribution >= 4 is 5.91 Å². The Hall–Kier alpha value is -3.39. The molecule has 2 aliphatic rings. The monoisotopic (exact) mass is 433 g/mol. The van der Waals surface area contributed by atoms with E-state index in [2.05, 4.69) is 25.8 Å². The Morgan fingerprint density at radius 1 is 1.16 bits per heavy atom. The molecule has 4 heterocycles. The molecule has 3 aromatic rings. The molecule has 0 bridgehead atoms. The minimum atomic E-state index is -0.0322. The van der Waals surface area contributed by atoms with E-state index < -0.39 is 0 Å². The Kier molecular flexibility index (Phi) is 6.02. The van der Waals surface area contributed by atoms with Gasteiger partial charge in [0.25, 0.3) is 0 Å². The number of amides is 1. The number of H-pyrrole nitrogens is 1. The highest BCUT2D eigenvalue weighted by molar-refractivity contribution is 5.78. The quantitative estimate of drug-likeness (QED) is 0.552. The minimum Gasteiger partial charge on any atom is -0.488 e. The van der Waals surface area contributed by atoms with Gasteiger partial charge in [0.05, 0.1) is 12.2 Å². The van der Waals surface area contributed by atoms with Gasteiger partial charge < -0.3 is 20.1 Å². The third-order valence-corrected chi connectivity index (χ3v) is 6.05. The van der Waals surface area contributed by atoms with E-state index in [1.807, 2.05) is 36.4 Å². The highest BCUT2D eigenvalue weighted by atomic mass is 16.5. The smallest absolute Gasteiger partial charge is 0.223 e. The molecule has 5 rings (SSSR count). The third-order valence-electron chi connectivity index (χ3n) is 6.05. The van der Waals surface area contributed by atoms with Crippen LogP contribution in [0.5, 0.6) is 17.4 Å². The van der Waals surface area contributed by atoms with Crippen LogP contribution in [0.2, 0.25) is 0 Å². The molecule has 8 nitrogen and oxygen atoms in total. The van der Waals surface area contributed by atoms with Crippen LogP contribution in [0.3, 0.4) is 0 Å². The largest absolute Gasteiger partial charge is 0.488 e. The summed E-state index contributed by atoms with van der Waals surface area (Å²) in [4.78, 5) is 16.8. The number of aryl methyl sites for hydroxylation is 1. The molecule has 0 spiro atoms. The third kappa shape index (κ3) is 4.75. The summed E-state index contributed by atoms with van der Waals surface area (Å²) in [5.41, 5.74) is 3.00. The molecule has 8 heteroatoms. The standard InChI is InChI=1S/C24H27N5O3/c30-24(17-7-10-25-11-8-17)27-15-20-5-2-16-1-4-19(13-22(16)31-20)32-23-6-3-18(14-26-23)21-9-12-28-29-21/h1,3-4,6,9,12-14,17,20,25H,2,5,7-8,10-11,15H2,(H,27,30)(H,28,29). The number of carbonyl (C=O) groups is 1. The number of rotatable bonds is 6. The molecule has 1 amide bonds. The van der Waals surface area contributed by atoms with E-state index in [1.165, 1.54) is 0 Å². The number of carbonyl (C=O) groups excluding carboxylic acids is 1. The fraction of sp³-hybridized carbons (Fsp3) is 0.375. The first-order valence-electron chi connectivity index (χ1n) is 11.2. The molecule has 166 valence electrons. The number of hydrogen-bond donors (Lipinski definition) is 3. The molecule has 1 unspecified atom stereocenters. The van der Waals surface area contributed by atoms with Crippen molar-refractivity contribution in [2.45, 2.75) is 31.8 Å². The molecule has 0 saturated carbocycles. The number of nitrogens with one attached hydrogen (secondary N) is 3. The number of nitrogens with zero attached hydrogens (tertiary/aromatic N) is 2. The zero-order valence-electron chi connectivity index (χ0n) is 17.8. The van der Waals surface area contributed by atoms with Crippen molar-refractivity contribution < 1.29 is 14.3 Å². The summed E-state index contributed by atoms with van der Waals surface area (Å²) in [6.07, 6.45) is 7.03. The molecule has 1 saturated heterocycles. The normalized spacial score (nSPS) is 18.4. The zero-order valence-corrected chi connectivity index (χ0v) is 17.8. The Balaban J connectivity index is 1.18. The van der Waals surface area contributed by atoms with Crippen molar-refractivity contribution in [2.24, 2.45) is 5.92 Å². The van der Waals surface area contributed by atoms with Crippen LogP contribution in [-0.2, 0) is 11.2 Å². The molecule has 2 aliphatic heterocycles. The summed E-state index contributed by atoms with van der Waals surface area (Å²) in [6.45, 7) is 2.35. The predicted octanol–water partition coefficient (Wildman–Crippen LogP) is 3.07. The molecule has 1 atom stereocenters. The molecule has 1 fully saturated rings. The van der Waals surface area contributed by atoms with Gasteiger partial charge in [-0.3, -0.25) is 9.89 Å². The SMILES string of the molecule is O=C(NCC1CCc2ccc(Oc3ccc(-c4ccn[nH]4)cn3)cc2O1)C1CCNCC1. The predicted molar refractivity (Wildman–Crippen MR) is 120 cm³/mol. The second-order valence-electron chi connectivity index (χ2n) is 8.27. The summed E-state index contributed by atoms with van der Waals surface area (Å²) in [6, 6.07) is 11.5. The summed E-state index contributed by atoms with van der Waals surface area (Å²) in [7, 11) is 0. The average molecular weight is 434 g/mol. The topological polar surface area (TPSA) is 101 Å². The fourth-order valence-electron chi connectivity index (χ4n) is 4.19. The molecule has 3 N–H and O–H groups in total. The maximum Gasteiger partial charge on any atom is 0.223 e. The summed E-state index contributed by atoms with van der Waals surface area (Å²) in [5, 5.41) is 13.3. The molecule has 1 aromatic carbocycles. The van der Waals surface area contributed by atoms with Crippen molar-refractivity contribution in [1.29, 1.82) is 0 Å². The van der Waals surface area contributed by atoms with Gasteiger partial charge >= 0.3 is 0 Å². The van der Waals surface area contributed by atoms with E-state index in [0.29, 0.717) is 18.2 Å². The number of ether oxygens (including phenoxy) is 2. The number of pyridine rings is 1. The second kappa shape index (κ2) is 9.40. The van der Waals surface area contributed by atoms with E-state index >= 15 is 0 Å². The summed E-state index contributed by atoms with van der Waals surface area (Å²) < 4.78 is 12.1. The molecule has 2 aromatic heterocycles. The number of aromatic nitrogens is 3. The van der Waals surface area contributed by atoms with E-state index in [9.17, 15) is 4.79 Å². The van der Waals surface area contributed by atoms with Crippen LogP contribution < -0.4 is 20.1 Å². The lowest BCUT2D eigenvalue weighted by molar-refractivity contribution is -0.126. The Bertz CT molecular complexity index is 1050. The van der Waals surface area contributed by atoms with Crippen molar-refractivity contribution in [3.8, 4) is 28.6 Å². The van der Waals surface area contributed by atoms with Crippen molar-refractivity contribution in [3.05, 3.63) is 54.4 Å². The van der Waals surface area contributed by atoms with Gasteiger partial charge in [0.1, 0.15) is 17.6 Å². The lowest BCUT2D eigenvalue weighted by Crippen LogP contribution is -2.42. The van der Waals surface area contributed by atoms with Crippen LogP contribution in [-0.4, -0.2) is 46.8 Å². The van der Waals surface area contributed by atoms with Crippen LogP contribution in [0.15, 0.2) is 48.8 Å². The lowest BCUT2D eigenvalue weighted by atomic mass is 9.97. The van der Waals surface area contributed by atoms with Crippen LogP contribution in [0, 0.1) is 5.92 Å². The van der Waals surface area contributed by atoms with Gasteiger partial charge in [-0.25, -0.2) is 4.98 Å². The van der Waals surface area contributed by atoms with Gasteiger partial charge in [0.15, 0.2) is 0 Å². The minimum absolute atomic E-state index is 0.0322.